The van der Waals surface area contributed by atoms with E-state index >= 15 is 0 Å². The Balaban J connectivity index is 1.69. The number of carbonyl (C=O) groups is 1. The normalized spacial score (nSPS) is 20.7. The molecule has 1 amide bonds. The van der Waals surface area contributed by atoms with Crippen LogP contribution in [0.15, 0.2) is 36.5 Å². The Morgan fingerprint density at radius 3 is 3.04 bits per heavy atom. The van der Waals surface area contributed by atoms with Crippen molar-refractivity contribution in [2.75, 3.05) is 19.8 Å². The van der Waals surface area contributed by atoms with Gasteiger partial charge >= 0.3 is 0 Å². The molecule has 3 rings (SSSR count). The van der Waals surface area contributed by atoms with Crippen LogP contribution in [-0.2, 0) is 16.0 Å². The number of amides is 1. The zero-order valence-corrected chi connectivity index (χ0v) is 13.2. The van der Waals surface area contributed by atoms with Crippen molar-refractivity contribution in [3.8, 4) is 0 Å². The van der Waals surface area contributed by atoms with E-state index in [1.807, 2.05) is 24.4 Å². The van der Waals surface area contributed by atoms with Crippen LogP contribution in [0.2, 0.25) is 0 Å². The number of para-hydroxylation sites is 1. The van der Waals surface area contributed by atoms with E-state index in [9.17, 15) is 4.79 Å². The maximum absolute atomic E-state index is 11.9. The van der Waals surface area contributed by atoms with E-state index in [2.05, 4.69) is 22.4 Å². The number of hydrogen-bond acceptors (Lipinski definition) is 4. The largest absolute Gasteiger partial charge is 0.379 e. The summed E-state index contributed by atoms with van der Waals surface area (Å²) in [5.41, 5.74) is 7.72. The zero-order chi connectivity index (χ0) is 16.1. The van der Waals surface area contributed by atoms with Crippen LogP contribution < -0.4 is 11.1 Å². The molecule has 1 fully saturated rings. The van der Waals surface area contributed by atoms with Gasteiger partial charge in [-0.05, 0) is 37.1 Å². The number of nitrogens with two attached hydrogens (primary N) is 1. The van der Waals surface area contributed by atoms with Crippen LogP contribution in [-0.4, -0.2) is 36.7 Å². The first-order valence-corrected chi connectivity index (χ1v) is 8.17. The van der Waals surface area contributed by atoms with Gasteiger partial charge in [0, 0.05) is 23.9 Å². The first-order valence-electron chi connectivity index (χ1n) is 8.17. The van der Waals surface area contributed by atoms with E-state index in [-0.39, 0.29) is 11.9 Å². The highest BCUT2D eigenvalue weighted by Crippen LogP contribution is 2.24. The lowest BCUT2D eigenvalue weighted by atomic mass is 9.93. The van der Waals surface area contributed by atoms with Gasteiger partial charge in [-0.3, -0.25) is 9.78 Å². The molecule has 0 radical (unpaired) electrons. The molecule has 5 nitrogen and oxygen atoms in total. The molecule has 1 saturated heterocycles. The van der Waals surface area contributed by atoms with Crippen molar-refractivity contribution in [2.45, 2.75) is 25.3 Å². The number of hydrogen-bond donors (Lipinski definition) is 2. The van der Waals surface area contributed by atoms with E-state index < -0.39 is 0 Å². The first-order chi connectivity index (χ1) is 11.3. The van der Waals surface area contributed by atoms with Crippen LogP contribution in [0, 0.1) is 5.92 Å². The minimum atomic E-state index is 0.0653. The molecule has 2 aromatic rings. The number of rotatable bonds is 6. The van der Waals surface area contributed by atoms with Gasteiger partial charge in [0.2, 0.25) is 5.91 Å². The monoisotopic (exact) mass is 313 g/mol. The van der Waals surface area contributed by atoms with Crippen molar-refractivity contribution < 1.29 is 9.53 Å². The quantitative estimate of drug-likeness (QED) is 0.850. The zero-order valence-electron chi connectivity index (χ0n) is 13.2. The summed E-state index contributed by atoms with van der Waals surface area (Å²) in [5.74, 6) is 0.359. The summed E-state index contributed by atoms with van der Waals surface area (Å²) >= 11 is 0. The molecule has 0 saturated carbocycles. The second-order valence-corrected chi connectivity index (χ2v) is 6.06. The van der Waals surface area contributed by atoms with Crippen molar-refractivity contribution in [3.63, 3.8) is 0 Å². The summed E-state index contributed by atoms with van der Waals surface area (Å²) in [4.78, 5) is 16.3. The number of carbonyl (C=O) groups excluding carboxylic acids is 1. The van der Waals surface area contributed by atoms with E-state index in [0.717, 1.165) is 18.4 Å². The number of nitrogens with one attached hydrogen (secondary N) is 1. The van der Waals surface area contributed by atoms with Crippen molar-refractivity contribution in [3.05, 3.63) is 42.1 Å². The molecule has 1 aliphatic heterocycles. The summed E-state index contributed by atoms with van der Waals surface area (Å²) in [6.07, 6.45) is 3.93. The molecule has 3 N–H and O–H groups in total. The van der Waals surface area contributed by atoms with Crippen molar-refractivity contribution >= 4 is 16.8 Å². The minimum Gasteiger partial charge on any atom is -0.379 e. The number of nitrogens with zero attached hydrogens (tertiary/aromatic N) is 1. The molecule has 2 atom stereocenters. The highest BCUT2D eigenvalue weighted by atomic mass is 16.5. The third-order valence-corrected chi connectivity index (χ3v) is 4.37. The molecule has 0 bridgehead atoms. The Hall–Kier alpha value is -1.98. The molecule has 1 aromatic heterocycles. The number of aromatic nitrogens is 1. The number of pyridine rings is 1. The Labute approximate surface area is 136 Å². The summed E-state index contributed by atoms with van der Waals surface area (Å²) in [6, 6.07) is 10.3. The van der Waals surface area contributed by atoms with Gasteiger partial charge in [0.05, 0.1) is 24.8 Å². The van der Waals surface area contributed by atoms with Crippen molar-refractivity contribution in [2.24, 2.45) is 11.7 Å². The third kappa shape index (κ3) is 3.86. The molecule has 2 heterocycles. The smallest absolute Gasteiger partial charge is 0.220 e. The Morgan fingerprint density at radius 1 is 1.30 bits per heavy atom. The van der Waals surface area contributed by atoms with Gasteiger partial charge in [0.1, 0.15) is 0 Å². The van der Waals surface area contributed by atoms with Crippen molar-refractivity contribution in [1.29, 1.82) is 0 Å². The van der Waals surface area contributed by atoms with Gasteiger partial charge in [-0.15, -0.1) is 0 Å². The fraction of sp³-hybridized carbons (Fsp3) is 0.444. The molecule has 5 heteroatoms. The molecule has 0 spiro atoms. The lowest BCUT2D eigenvalue weighted by Gasteiger charge is -2.19. The summed E-state index contributed by atoms with van der Waals surface area (Å²) in [7, 11) is 0. The van der Waals surface area contributed by atoms with Crippen LogP contribution in [0.25, 0.3) is 10.9 Å². The Morgan fingerprint density at radius 2 is 2.17 bits per heavy atom. The Bertz CT molecular complexity index is 669. The lowest BCUT2D eigenvalue weighted by molar-refractivity contribution is -0.122. The van der Waals surface area contributed by atoms with E-state index in [1.54, 1.807) is 0 Å². The van der Waals surface area contributed by atoms with Crippen LogP contribution in [0.4, 0.5) is 0 Å². The molecule has 1 aromatic carbocycles. The van der Waals surface area contributed by atoms with E-state index in [1.165, 1.54) is 10.9 Å². The van der Waals surface area contributed by atoms with Crippen LogP contribution in [0.5, 0.6) is 0 Å². The van der Waals surface area contributed by atoms with E-state index in [4.69, 9.17) is 10.5 Å². The second-order valence-electron chi connectivity index (χ2n) is 6.06. The standard InChI is InChI=1S/C18H23N3O2/c19-8-3-6-18(22)21-17-12-23-11-14(17)10-13-7-9-20-16-5-2-1-4-15(13)16/h1-2,4-5,7,9,14,17H,3,6,8,10-12,19H2,(H,21,22)/t14-,17-/m1/s1. The average molecular weight is 313 g/mol. The molecule has 1 aliphatic rings. The average Bonchev–Trinajstić information content (AvgIpc) is 3.00. The van der Waals surface area contributed by atoms with Crippen LogP contribution in [0.3, 0.4) is 0 Å². The predicted molar refractivity (Wildman–Crippen MR) is 90.0 cm³/mol. The highest BCUT2D eigenvalue weighted by Gasteiger charge is 2.29. The molecular weight excluding hydrogens is 290 g/mol. The van der Waals surface area contributed by atoms with E-state index in [0.29, 0.717) is 32.1 Å². The van der Waals surface area contributed by atoms with Gasteiger partial charge < -0.3 is 15.8 Å². The molecule has 0 unspecified atom stereocenters. The predicted octanol–water partition coefficient (Wildman–Crippen LogP) is 1.65. The maximum atomic E-state index is 11.9. The topological polar surface area (TPSA) is 77.2 Å². The number of benzene rings is 1. The highest BCUT2D eigenvalue weighted by molar-refractivity contribution is 5.81. The van der Waals surface area contributed by atoms with Gasteiger partial charge in [0.25, 0.3) is 0 Å². The minimum absolute atomic E-state index is 0.0653. The molecular formula is C18H23N3O2. The molecule has 122 valence electrons. The number of ether oxygens (including phenoxy) is 1. The fourth-order valence-corrected chi connectivity index (χ4v) is 3.12. The van der Waals surface area contributed by atoms with Gasteiger partial charge in [-0.25, -0.2) is 0 Å². The summed E-state index contributed by atoms with van der Waals surface area (Å²) in [6.45, 7) is 1.81. The molecule has 0 aliphatic carbocycles. The maximum Gasteiger partial charge on any atom is 0.220 e. The first kappa shape index (κ1) is 15.9. The fourth-order valence-electron chi connectivity index (χ4n) is 3.12. The number of fused-ring (bicyclic) bond motifs is 1. The molecule has 23 heavy (non-hydrogen) atoms. The summed E-state index contributed by atoms with van der Waals surface area (Å²) in [5, 5.41) is 4.27. The SMILES string of the molecule is NCCCC(=O)N[C@@H]1COC[C@H]1Cc1ccnc2ccccc12. The van der Waals surface area contributed by atoms with Crippen LogP contribution >= 0.6 is 0 Å². The van der Waals surface area contributed by atoms with Gasteiger partial charge in [-0.2, -0.15) is 0 Å². The second kappa shape index (κ2) is 7.53. The summed E-state index contributed by atoms with van der Waals surface area (Å²) < 4.78 is 5.60. The van der Waals surface area contributed by atoms with Crippen LogP contribution in [0.1, 0.15) is 18.4 Å². The van der Waals surface area contributed by atoms with Crippen molar-refractivity contribution in [1.82, 2.24) is 10.3 Å². The van der Waals surface area contributed by atoms with Gasteiger partial charge in [0.15, 0.2) is 0 Å². The Kier molecular flexibility index (Phi) is 5.20. The van der Waals surface area contributed by atoms with Gasteiger partial charge in [-0.1, -0.05) is 18.2 Å². The lowest BCUT2D eigenvalue weighted by Crippen LogP contribution is -2.40. The third-order valence-electron chi connectivity index (χ3n) is 4.37.